The number of thiazole rings is 1. The minimum absolute atomic E-state index is 0.707. The minimum atomic E-state index is 0.707. The first-order valence-electron chi connectivity index (χ1n) is 5.07. The van der Waals surface area contributed by atoms with Crippen LogP contribution in [0, 0.1) is 0 Å². The van der Waals surface area contributed by atoms with Gasteiger partial charge in [-0.2, -0.15) is 0 Å². The second-order valence-electron chi connectivity index (χ2n) is 3.55. The van der Waals surface area contributed by atoms with E-state index in [0.717, 1.165) is 26.9 Å². The van der Waals surface area contributed by atoms with Crippen molar-refractivity contribution in [1.29, 1.82) is 0 Å². The second kappa shape index (κ2) is 3.85. The van der Waals surface area contributed by atoms with Gasteiger partial charge in [-0.05, 0) is 6.07 Å². The van der Waals surface area contributed by atoms with Crippen LogP contribution in [0.4, 0.5) is 0 Å². The van der Waals surface area contributed by atoms with Gasteiger partial charge in [0.05, 0.1) is 35.7 Å². The third kappa shape index (κ3) is 1.51. The SMILES string of the molecule is COc1cc2c(cc1OC)=C(c1cncs1)N=2. The number of hydrogen-bond acceptors (Lipinski definition) is 5. The van der Waals surface area contributed by atoms with Gasteiger partial charge in [0, 0.05) is 17.5 Å². The van der Waals surface area contributed by atoms with Gasteiger partial charge in [-0.1, -0.05) is 0 Å². The van der Waals surface area contributed by atoms with Crippen LogP contribution in [0.2, 0.25) is 0 Å². The number of fused-ring (bicyclic) bond motifs is 1. The molecule has 0 spiro atoms. The van der Waals surface area contributed by atoms with Crippen molar-refractivity contribution >= 4 is 17.0 Å². The van der Waals surface area contributed by atoms with Gasteiger partial charge in [0.15, 0.2) is 11.5 Å². The highest BCUT2D eigenvalue weighted by Crippen LogP contribution is 2.25. The molecule has 86 valence electrons. The maximum atomic E-state index is 5.28. The minimum Gasteiger partial charge on any atom is -0.493 e. The molecule has 0 bridgehead atoms. The van der Waals surface area contributed by atoms with Crippen LogP contribution in [0.25, 0.3) is 5.70 Å². The molecule has 0 unspecified atom stereocenters. The fourth-order valence-corrected chi connectivity index (χ4v) is 2.42. The number of rotatable bonds is 3. The number of ether oxygens (including phenoxy) is 2. The Bertz CT molecular complexity index is 677. The summed E-state index contributed by atoms with van der Waals surface area (Å²) in [7, 11) is 3.25. The molecule has 0 atom stereocenters. The third-order valence-corrected chi connectivity index (χ3v) is 3.43. The molecule has 1 aliphatic rings. The van der Waals surface area contributed by atoms with Gasteiger partial charge < -0.3 is 9.47 Å². The summed E-state index contributed by atoms with van der Waals surface area (Å²) in [6.45, 7) is 0. The molecule has 2 aromatic rings. The standard InChI is InChI=1S/C12H10N2O2S/c1-15-9-3-7-8(4-10(9)16-2)14-12(7)11-5-13-6-17-11/h3-6H,1-2H3. The van der Waals surface area contributed by atoms with Crippen molar-refractivity contribution in [3.8, 4) is 11.5 Å². The Balaban J connectivity index is 2.20. The van der Waals surface area contributed by atoms with Gasteiger partial charge in [0.1, 0.15) is 0 Å². The summed E-state index contributed by atoms with van der Waals surface area (Å²) in [5.74, 6) is 1.43. The molecule has 5 heteroatoms. The lowest BCUT2D eigenvalue weighted by molar-refractivity contribution is 0.354. The van der Waals surface area contributed by atoms with Gasteiger partial charge in [-0.3, -0.25) is 4.98 Å². The van der Waals surface area contributed by atoms with Crippen LogP contribution in [0.5, 0.6) is 11.5 Å². The molecule has 0 N–H and O–H groups in total. The van der Waals surface area contributed by atoms with Crippen molar-refractivity contribution in [3.63, 3.8) is 0 Å². The lowest BCUT2D eigenvalue weighted by Crippen LogP contribution is -2.35. The Morgan fingerprint density at radius 2 is 1.88 bits per heavy atom. The van der Waals surface area contributed by atoms with E-state index in [1.54, 1.807) is 31.1 Å². The summed E-state index contributed by atoms with van der Waals surface area (Å²) in [6.07, 6.45) is 1.82. The van der Waals surface area contributed by atoms with Gasteiger partial charge in [0.25, 0.3) is 0 Å². The average molecular weight is 246 g/mol. The van der Waals surface area contributed by atoms with Crippen molar-refractivity contribution in [2.45, 2.75) is 0 Å². The lowest BCUT2D eigenvalue weighted by atomic mass is 10.1. The van der Waals surface area contributed by atoms with Crippen LogP contribution in [-0.4, -0.2) is 19.2 Å². The molecule has 1 aromatic heterocycles. The summed E-state index contributed by atoms with van der Waals surface area (Å²) in [4.78, 5) is 9.59. The van der Waals surface area contributed by atoms with Crippen molar-refractivity contribution in [1.82, 2.24) is 4.98 Å². The zero-order chi connectivity index (χ0) is 11.8. The number of benzene rings is 1. The molecule has 0 aliphatic carbocycles. The number of aromatic nitrogens is 1. The zero-order valence-corrected chi connectivity index (χ0v) is 10.2. The first kappa shape index (κ1) is 10.3. The van der Waals surface area contributed by atoms with E-state index in [9.17, 15) is 0 Å². The molecule has 3 rings (SSSR count). The highest BCUT2D eigenvalue weighted by molar-refractivity contribution is 7.10. The van der Waals surface area contributed by atoms with E-state index in [2.05, 4.69) is 9.98 Å². The Kier molecular flexibility index (Phi) is 2.33. The molecule has 0 amide bonds. The lowest BCUT2D eigenvalue weighted by Gasteiger charge is -2.12. The monoisotopic (exact) mass is 246 g/mol. The summed E-state index contributed by atoms with van der Waals surface area (Å²) in [5.41, 5.74) is 2.78. The highest BCUT2D eigenvalue weighted by Gasteiger charge is 2.15. The van der Waals surface area contributed by atoms with Gasteiger partial charge >= 0.3 is 0 Å². The van der Waals surface area contributed by atoms with E-state index in [-0.39, 0.29) is 0 Å². The smallest absolute Gasteiger partial charge is 0.162 e. The molecule has 4 nitrogen and oxygen atoms in total. The maximum absolute atomic E-state index is 5.28. The molecule has 0 radical (unpaired) electrons. The van der Waals surface area contributed by atoms with Crippen molar-refractivity contribution in [2.24, 2.45) is 4.99 Å². The molecular weight excluding hydrogens is 236 g/mol. The van der Waals surface area contributed by atoms with E-state index >= 15 is 0 Å². The quantitative estimate of drug-likeness (QED) is 0.810. The summed E-state index contributed by atoms with van der Waals surface area (Å²) in [5, 5.41) is 2.03. The van der Waals surface area contributed by atoms with Crippen LogP contribution in [0.1, 0.15) is 4.88 Å². The molecule has 0 saturated heterocycles. The number of nitrogens with zero attached hydrogens (tertiary/aromatic N) is 2. The van der Waals surface area contributed by atoms with Crippen molar-refractivity contribution in [3.05, 3.63) is 39.3 Å². The normalized spacial score (nSPS) is 12.5. The zero-order valence-electron chi connectivity index (χ0n) is 9.43. The predicted octanol–water partition coefficient (Wildman–Crippen LogP) is 0.950. The number of methoxy groups -OCH3 is 2. The fourth-order valence-electron chi connectivity index (χ4n) is 1.80. The molecule has 0 saturated carbocycles. The summed E-state index contributed by atoms with van der Waals surface area (Å²) in [6, 6.07) is 3.84. The van der Waals surface area contributed by atoms with Crippen LogP contribution < -0.4 is 20.0 Å². The Morgan fingerprint density at radius 1 is 1.12 bits per heavy atom. The first-order valence-corrected chi connectivity index (χ1v) is 5.95. The van der Waals surface area contributed by atoms with E-state index in [4.69, 9.17) is 9.47 Å². The molecule has 2 heterocycles. The second-order valence-corrected chi connectivity index (χ2v) is 4.44. The highest BCUT2D eigenvalue weighted by atomic mass is 32.1. The molecule has 1 aliphatic heterocycles. The summed E-state index contributed by atoms with van der Waals surface area (Å²) >= 11 is 1.58. The van der Waals surface area contributed by atoms with Crippen molar-refractivity contribution < 1.29 is 9.47 Å². The molecule has 1 aromatic carbocycles. The third-order valence-electron chi connectivity index (χ3n) is 2.65. The van der Waals surface area contributed by atoms with E-state index in [1.165, 1.54) is 0 Å². The Hall–Kier alpha value is -1.88. The summed E-state index contributed by atoms with van der Waals surface area (Å²) < 4.78 is 10.5. The van der Waals surface area contributed by atoms with E-state index in [0.29, 0.717) is 5.75 Å². The fraction of sp³-hybridized carbons (Fsp3) is 0.167. The van der Waals surface area contributed by atoms with Crippen LogP contribution in [0.3, 0.4) is 0 Å². The Morgan fingerprint density at radius 3 is 2.53 bits per heavy atom. The van der Waals surface area contributed by atoms with Crippen LogP contribution >= 0.6 is 11.3 Å². The van der Waals surface area contributed by atoms with Gasteiger partial charge in [-0.15, -0.1) is 11.3 Å². The van der Waals surface area contributed by atoms with Crippen molar-refractivity contribution in [2.75, 3.05) is 14.2 Å². The van der Waals surface area contributed by atoms with E-state index in [1.807, 2.05) is 18.3 Å². The van der Waals surface area contributed by atoms with E-state index < -0.39 is 0 Å². The molecule has 17 heavy (non-hydrogen) atoms. The largest absolute Gasteiger partial charge is 0.493 e. The number of hydrogen-bond donors (Lipinski definition) is 0. The average Bonchev–Trinajstić information content (AvgIpc) is 2.84. The topological polar surface area (TPSA) is 43.7 Å². The van der Waals surface area contributed by atoms with Crippen LogP contribution in [0.15, 0.2) is 28.8 Å². The van der Waals surface area contributed by atoms with Gasteiger partial charge in [-0.25, -0.2) is 4.99 Å². The van der Waals surface area contributed by atoms with Crippen LogP contribution in [-0.2, 0) is 0 Å². The first-order chi connectivity index (χ1) is 8.33. The maximum Gasteiger partial charge on any atom is 0.162 e. The van der Waals surface area contributed by atoms with Gasteiger partial charge in [0.2, 0.25) is 0 Å². The molecular formula is C12H10N2O2S. The molecule has 0 fully saturated rings. The Labute approximate surface area is 102 Å². The predicted molar refractivity (Wildman–Crippen MR) is 65.0 cm³/mol.